The van der Waals surface area contributed by atoms with Crippen molar-refractivity contribution in [3.8, 4) is 11.6 Å². The molecule has 10 heteroatoms. The fourth-order valence-corrected chi connectivity index (χ4v) is 3.49. The molecule has 3 aromatic rings. The third kappa shape index (κ3) is 3.50. The second-order valence-corrected chi connectivity index (χ2v) is 7.10. The van der Waals surface area contributed by atoms with Gasteiger partial charge in [-0.2, -0.15) is 23.3 Å². The van der Waals surface area contributed by atoms with E-state index < -0.39 is 36.2 Å². The van der Waals surface area contributed by atoms with Crippen LogP contribution in [0.25, 0.3) is 11.6 Å². The molecule has 1 fully saturated rings. The lowest BCUT2D eigenvalue weighted by Crippen LogP contribution is -2.16. The summed E-state index contributed by atoms with van der Waals surface area (Å²) in [5.41, 5.74) is 0.547. The Morgan fingerprint density at radius 1 is 1.31 bits per heavy atom. The lowest BCUT2D eigenvalue weighted by atomic mass is 9.91. The summed E-state index contributed by atoms with van der Waals surface area (Å²) in [6, 6.07) is 8.62. The molecule has 0 spiro atoms. The minimum absolute atomic E-state index is 0.126. The van der Waals surface area contributed by atoms with Crippen LogP contribution in [0.1, 0.15) is 41.9 Å². The lowest BCUT2D eigenvalue weighted by Gasteiger charge is -2.13. The molecular formula is C19H17F3N4O3. The predicted molar refractivity (Wildman–Crippen MR) is 94.0 cm³/mol. The first-order valence-electron chi connectivity index (χ1n) is 8.98. The molecule has 1 saturated carbocycles. The Morgan fingerprint density at radius 2 is 2.03 bits per heavy atom. The Morgan fingerprint density at radius 3 is 2.66 bits per heavy atom. The maximum atomic E-state index is 13.3. The first-order chi connectivity index (χ1) is 13.7. The van der Waals surface area contributed by atoms with Crippen LogP contribution in [0.15, 0.2) is 34.9 Å². The van der Waals surface area contributed by atoms with Gasteiger partial charge in [-0.25, -0.2) is 0 Å². The number of nitrogens with zero attached hydrogens (tertiary/aromatic N) is 4. The van der Waals surface area contributed by atoms with Gasteiger partial charge in [0.1, 0.15) is 5.69 Å². The van der Waals surface area contributed by atoms with E-state index in [0.717, 1.165) is 30.0 Å². The molecule has 0 radical (unpaired) electrons. The van der Waals surface area contributed by atoms with E-state index in [1.54, 1.807) is 0 Å². The summed E-state index contributed by atoms with van der Waals surface area (Å²) < 4.78 is 45.7. The molecule has 1 aliphatic carbocycles. The minimum Gasteiger partial charge on any atom is -0.481 e. The number of benzene rings is 1. The molecule has 2 heterocycles. The van der Waals surface area contributed by atoms with E-state index in [9.17, 15) is 18.0 Å². The number of carboxylic acids is 1. The Bertz CT molecular complexity index is 1070. The van der Waals surface area contributed by atoms with Crippen LogP contribution in [0.2, 0.25) is 0 Å². The van der Waals surface area contributed by atoms with Gasteiger partial charge in [-0.1, -0.05) is 29.4 Å². The summed E-state index contributed by atoms with van der Waals surface area (Å²) in [4.78, 5) is 15.1. The van der Waals surface area contributed by atoms with Crippen molar-refractivity contribution in [3.63, 3.8) is 0 Å². The summed E-state index contributed by atoms with van der Waals surface area (Å²) in [6.07, 6.45) is -3.55. The molecular weight excluding hydrogens is 389 g/mol. The topological polar surface area (TPSA) is 94.0 Å². The highest BCUT2D eigenvalue weighted by Crippen LogP contribution is 2.53. The number of carbonyl (C=O) groups is 1. The van der Waals surface area contributed by atoms with Gasteiger partial charge in [0.2, 0.25) is 0 Å². The summed E-state index contributed by atoms with van der Waals surface area (Å²) in [5, 5.41) is 16.6. The number of aryl methyl sites for hydroxylation is 2. The number of carboxylic acid groups (broad SMARTS) is 1. The van der Waals surface area contributed by atoms with Crippen molar-refractivity contribution in [2.45, 2.75) is 44.3 Å². The zero-order chi connectivity index (χ0) is 20.8. The maximum Gasteiger partial charge on any atom is 0.433 e. The first kappa shape index (κ1) is 19.2. The van der Waals surface area contributed by atoms with Crippen LogP contribution >= 0.6 is 0 Å². The van der Waals surface area contributed by atoms with Crippen molar-refractivity contribution in [2.24, 2.45) is 0 Å². The summed E-state index contributed by atoms with van der Waals surface area (Å²) >= 11 is 0. The van der Waals surface area contributed by atoms with Crippen LogP contribution < -0.4 is 0 Å². The number of halogens is 3. The van der Waals surface area contributed by atoms with Gasteiger partial charge in [0.15, 0.2) is 11.5 Å². The molecule has 0 aliphatic heterocycles. The standard InChI is InChI=1S/C19H17F3N4O3/c1-11-4-2-3-5-12(11)18(7-8-18)17-23-16(29-25-17)13-10-14(19(20,21)22)26(24-13)9-6-15(27)28/h2-5,10H,6-9H2,1H3,(H,27,28). The molecule has 2 aromatic heterocycles. The van der Waals surface area contributed by atoms with Crippen molar-refractivity contribution in [1.29, 1.82) is 0 Å². The Balaban J connectivity index is 1.68. The summed E-state index contributed by atoms with van der Waals surface area (Å²) in [5.74, 6) is -0.931. The average molecular weight is 406 g/mol. The van der Waals surface area contributed by atoms with E-state index >= 15 is 0 Å². The molecule has 0 bridgehead atoms. The van der Waals surface area contributed by atoms with Crippen LogP contribution in [0.3, 0.4) is 0 Å². The van der Waals surface area contributed by atoms with Gasteiger partial charge >= 0.3 is 12.1 Å². The highest BCUT2D eigenvalue weighted by molar-refractivity contribution is 5.66. The van der Waals surface area contributed by atoms with Gasteiger partial charge in [-0.15, -0.1) is 0 Å². The molecule has 1 N–H and O–H groups in total. The Labute approximate surface area is 163 Å². The van der Waals surface area contributed by atoms with Crippen molar-refractivity contribution >= 4 is 5.97 Å². The predicted octanol–water partition coefficient (Wildman–Crippen LogP) is 3.81. The average Bonchev–Trinajstić information content (AvgIpc) is 3.11. The number of hydrogen-bond donors (Lipinski definition) is 1. The van der Waals surface area contributed by atoms with Gasteiger partial charge in [0, 0.05) is 6.07 Å². The smallest absolute Gasteiger partial charge is 0.433 e. The van der Waals surface area contributed by atoms with Gasteiger partial charge in [-0.05, 0) is 30.9 Å². The minimum atomic E-state index is -4.69. The van der Waals surface area contributed by atoms with Crippen LogP contribution in [-0.2, 0) is 22.9 Å². The zero-order valence-corrected chi connectivity index (χ0v) is 15.4. The van der Waals surface area contributed by atoms with E-state index in [4.69, 9.17) is 9.63 Å². The number of rotatable bonds is 6. The number of aliphatic carboxylic acids is 1. The molecule has 0 saturated heterocycles. The zero-order valence-electron chi connectivity index (χ0n) is 15.4. The quantitative estimate of drug-likeness (QED) is 0.669. The van der Waals surface area contributed by atoms with Gasteiger partial charge in [0.05, 0.1) is 18.4 Å². The van der Waals surface area contributed by atoms with Gasteiger partial charge in [-0.3, -0.25) is 9.48 Å². The second kappa shape index (κ2) is 6.71. The van der Waals surface area contributed by atoms with E-state index in [1.807, 2.05) is 31.2 Å². The molecule has 29 heavy (non-hydrogen) atoms. The van der Waals surface area contributed by atoms with Crippen molar-refractivity contribution in [3.05, 3.63) is 53.0 Å². The maximum absolute atomic E-state index is 13.3. The van der Waals surface area contributed by atoms with Crippen molar-refractivity contribution in [1.82, 2.24) is 19.9 Å². The van der Waals surface area contributed by atoms with E-state index in [1.165, 1.54) is 0 Å². The Hall–Kier alpha value is -3.17. The van der Waals surface area contributed by atoms with Crippen LogP contribution in [-0.4, -0.2) is 31.0 Å². The number of hydrogen-bond acceptors (Lipinski definition) is 5. The molecule has 152 valence electrons. The molecule has 0 unspecified atom stereocenters. The van der Waals surface area contributed by atoms with Gasteiger partial charge < -0.3 is 9.63 Å². The molecule has 1 aromatic carbocycles. The highest BCUT2D eigenvalue weighted by Gasteiger charge is 2.50. The third-order valence-electron chi connectivity index (χ3n) is 5.09. The van der Waals surface area contributed by atoms with E-state index in [2.05, 4.69) is 15.2 Å². The van der Waals surface area contributed by atoms with E-state index in [-0.39, 0.29) is 11.6 Å². The monoisotopic (exact) mass is 406 g/mol. The SMILES string of the molecule is Cc1ccccc1C1(c2noc(-c3cc(C(F)(F)F)n(CCC(=O)O)n3)n2)CC1. The first-order valence-corrected chi connectivity index (χ1v) is 8.98. The van der Waals surface area contributed by atoms with Crippen LogP contribution in [0.5, 0.6) is 0 Å². The fraction of sp³-hybridized carbons (Fsp3) is 0.368. The fourth-order valence-electron chi connectivity index (χ4n) is 3.49. The largest absolute Gasteiger partial charge is 0.481 e. The molecule has 0 atom stereocenters. The molecule has 1 aliphatic rings. The molecule has 0 amide bonds. The van der Waals surface area contributed by atoms with Crippen LogP contribution in [0.4, 0.5) is 13.2 Å². The number of aromatic nitrogens is 4. The van der Waals surface area contributed by atoms with Crippen molar-refractivity contribution < 1.29 is 27.6 Å². The van der Waals surface area contributed by atoms with E-state index in [0.29, 0.717) is 10.5 Å². The number of alkyl halides is 3. The van der Waals surface area contributed by atoms with Crippen LogP contribution in [0, 0.1) is 6.92 Å². The normalized spacial score (nSPS) is 15.4. The molecule has 7 nitrogen and oxygen atoms in total. The van der Waals surface area contributed by atoms with Crippen molar-refractivity contribution in [2.75, 3.05) is 0 Å². The van der Waals surface area contributed by atoms with Gasteiger partial charge in [0.25, 0.3) is 5.89 Å². The summed E-state index contributed by atoms with van der Waals surface area (Å²) in [6.45, 7) is 1.56. The third-order valence-corrected chi connectivity index (χ3v) is 5.09. The Kier molecular flexibility index (Phi) is 4.44. The highest BCUT2D eigenvalue weighted by atomic mass is 19.4. The lowest BCUT2D eigenvalue weighted by molar-refractivity contribution is -0.145. The molecule has 4 rings (SSSR count). The second-order valence-electron chi connectivity index (χ2n) is 7.10. The summed E-state index contributed by atoms with van der Waals surface area (Å²) in [7, 11) is 0.